The van der Waals surface area contributed by atoms with Crippen molar-refractivity contribution in [2.75, 3.05) is 0 Å². The van der Waals surface area contributed by atoms with E-state index >= 15 is 0 Å². The van der Waals surface area contributed by atoms with Crippen molar-refractivity contribution in [3.05, 3.63) is 18.0 Å². The van der Waals surface area contributed by atoms with Crippen LogP contribution in [0.15, 0.2) is 12.4 Å². The number of hydrogen-bond acceptors (Lipinski definition) is 2. The van der Waals surface area contributed by atoms with Crippen LogP contribution in [0.4, 0.5) is 0 Å². The Hall–Kier alpha value is -0.830. The van der Waals surface area contributed by atoms with Gasteiger partial charge in [0.15, 0.2) is 0 Å². The quantitative estimate of drug-likeness (QED) is 0.820. The first-order chi connectivity index (χ1) is 7.29. The molecule has 1 aromatic heterocycles. The van der Waals surface area contributed by atoms with Crippen LogP contribution in [0.2, 0.25) is 0 Å². The molecular weight excluding hydrogens is 186 g/mol. The van der Waals surface area contributed by atoms with Crippen LogP contribution < -0.4 is 5.73 Å². The normalized spacial score (nSPS) is 19.6. The SMILES string of the molecule is CCn1cc(CC(N)C2CCCC2)cn1. The minimum atomic E-state index is 0.335. The lowest BCUT2D eigenvalue weighted by molar-refractivity contribution is 0.429. The molecule has 0 spiro atoms. The van der Waals surface area contributed by atoms with Crippen LogP contribution in [-0.4, -0.2) is 15.8 Å². The standard InChI is InChI=1S/C12H21N3/c1-2-15-9-10(8-14-15)7-12(13)11-5-3-4-6-11/h8-9,11-12H,2-7,13H2,1H3. The van der Waals surface area contributed by atoms with Gasteiger partial charge in [-0.3, -0.25) is 4.68 Å². The van der Waals surface area contributed by atoms with Gasteiger partial charge in [-0.2, -0.15) is 5.10 Å². The van der Waals surface area contributed by atoms with E-state index in [4.69, 9.17) is 5.73 Å². The molecule has 1 unspecified atom stereocenters. The number of nitrogens with zero attached hydrogens (tertiary/aromatic N) is 2. The Balaban J connectivity index is 1.89. The molecule has 0 radical (unpaired) electrons. The number of nitrogens with two attached hydrogens (primary N) is 1. The van der Waals surface area contributed by atoms with Crippen molar-refractivity contribution in [2.45, 2.75) is 51.6 Å². The van der Waals surface area contributed by atoms with Gasteiger partial charge < -0.3 is 5.73 Å². The van der Waals surface area contributed by atoms with Crippen LogP contribution >= 0.6 is 0 Å². The third-order valence-electron chi connectivity index (χ3n) is 3.49. The summed E-state index contributed by atoms with van der Waals surface area (Å²) < 4.78 is 1.97. The Labute approximate surface area is 91.7 Å². The minimum Gasteiger partial charge on any atom is -0.327 e. The molecule has 1 aliphatic rings. The highest BCUT2D eigenvalue weighted by atomic mass is 15.3. The third-order valence-corrected chi connectivity index (χ3v) is 3.49. The van der Waals surface area contributed by atoms with Crippen LogP contribution in [-0.2, 0) is 13.0 Å². The summed E-state index contributed by atoms with van der Waals surface area (Å²) in [5.74, 6) is 0.745. The van der Waals surface area contributed by atoms with E-state index in [1.807, 2.05) is 10.9 Å². The van der Waals surface area contributed by atoms with Gasteiger partial charge in [-0.1, -0.05) is 12.8 Å². The predicted octanol–water partition coefficient (Wildman–Crippen LogP) is 1.96. The number of rotatable bonds is 4. The molecule has 1 fully saturated rings. The Morgan fingerprint density at radius 2 is 2.27 bits per heavy atom. The van der Waals surface area contributed by atoms with Gasteiger partial charge in [-0.05, 0) is 37.7 Å². The first-order valence-electron chi connectivity index (χ1n) is 6.06. The molecule has 0 aromatic carbocycles. The van der Waals surface area contributed by atoms with E-state index in [9.17, 15) is 0 Å². The van der Waals surface area contributed by atoms with Crippen molar-refractivity contribution >= 4 is 0 Å². The molecule has 1 aliphatic carbocycles. The second kappa shape index (κ2) is 4.79. The average molecular weight is 207 g/mol. The molecule has 15 heavy (non-hydrogen) atoms. The number of hydrogen-bond donors (Lipinski definition) is 1. The zero-order chi connectivity index (χ0) is 10.7. The van der Waals surface area contributed by atoms with E-state index in [0.717, 1.165) is 18.9 Å². The second-order valence-corrected chi connectivity index (χ2v) is 4.62. The summed E-state index contributed by atoms with van der Waals surface area (Å²) in [6.45, 7) is 3.05. The zero-order valence-electron chi connectivity index (χ0n) is 9.52. The Bertz CT molecular complexity index is 300. The molecule has 1 atom stereocenters. The summed E-state index contributed by atoms with van der Waals surface area (Å²) in [4.78, 5) is 0. The van der Waals surface area contributed by atoms with Crippen molar-refractivity contribution < 1.29 is 0 Å². The summed E-state index contributed by atoms with van der Waals surface area (Å²) in [6, 6.07) is 0.335. The van der Waals surface area contributed by atoms with Crippen molar-refractivity contribution in [3.8, 4) is 0 Å². The molecule has 3 heteroatoms. The predicted molar refractivity (Wildman–Crippen MR) is 61.5 cm³/mol. The topological polar surface area (TPSA) is 43.8 Å². The number of aromatic nitrogens is 2. The summed E-state index contributed by atoms with van der Waals surface area (Å²) in [7, 11) is 0. The van der Waals surface area contributed by atoms with E-state index < -0.39 is 0 Å². The molecule has 0 aliphatic heterocycles. The van der Waals surface area contributed by atoms with Crippen LogP contribution in [0.1, 0.15) is 38.2 Å². The molecular formula is C12H21N3. The monoisotopic (exact) mass is 207 g/mol. The summed E-state index contributed by atoms with van der Waals surface area (Å²) in [5.41, 5.74) is 7.51. The maximum atomic E-state index is 6.22. The second-order valence-electron chi connectivity index (χ2n) is 4.62. The Morgan fingerprint density at radius 3 is 2.87 bits per heavy atom. The molecule has 1 saturated carbocycles. The average Bonchev–Trinajstić information content (AvgIpc) is 2.87. The highest BCUT2D eigenvalue weighted by Crippen LogP contribution is 2.28. The molecule has 2 N–H and O–H groups in total. The van der Waals surface area contributed by atoms with Crippen LogP contribution in [0, 0.1) is 5.92 Å². The summed E-state index contributed by atoms with van der Waals surface area (Å²) >= 11 is 0. The largest absolute Gasteiger partial charge is 0.327 e. The number of aryl methyl sites for hydroxylation is 1. The van der Waals surface area contributed by atoms with Gasteiger partial charge in [0.1, 0.15) is 0 Å². The fourth-order valence-electron chi connectivity index (χ4n) is 2.51. The smallest absolute Gasteiger partial charge is 0.0522 e. The Morgan fingerprint density at radius 1 is 1.53 bits per heavy atom. The van der Waals surface area contributed by atoms with Gasteiger partial charge in [0.05, 0.1) is 6.20 Å². The van der Waals surface area contributed by atoms with Crippen LogP contribution in [0.5, 0.6) is 0 Å². The highest BCUT2D eigenvalue weighted by Gasteiger charge is 2.22. The maximum Gasteiger partial charge on any atom is 0.0522 e. The lowest BCUT2D eigenvalue weighted by Gasteiger charge is -2.17. The summed E-state index contributed by atoms with van der Waals surface area (Å²) in [5, 5.41) is 4.28. The van der Waals surface area contributed by atoms with E-state index in [1.165, 1.54) is 31.2 Å². The lowest BCUT2D eigenvalue weighted by atomic mass is 9.94. The van der Waals surface area contributed by atoms with Crippen molar-refractivity contribution in [3.63, 3.8) is 0 Å². The van der Waals surface area contributed by atoms with Gasteiger partial charge in [0.2, 0.25) is 0 Å². The minimum absolute atomic E-state index is 0.335. The first-order valence-corrected chi connectivity index (χ1v) is 6.06. The molecule has 0 saturated heterocycles. The van der Waals surface area contributed by atoms with Crippen molar-refractivity contribution in [2.24, 2.45) is 11.7 Å². The highest BCUT2D eigenvalue weighted by molar-refractivity contribution is 5.06. The van der Waals surface area contributed by atoms with E-state index in [1.54, 1.807) is 0 Å². The van der Waals surface area contributed by atoms with Gasteiger partial charge in [0, 0.05) is 18.8 Å². The molecule has 2 rings (SSSR count). The molecule has 0 bridgehead atoms. The van der Waals surface area contributed by atoms with Crippen LogP contribution in [0.25, 0.3) is 0 Å². The van der Waals surface area contributed by atoms with E-state index in [0.29, 0.717) is 6.04 Å². The Kier molecular flexibility index (Phi) is 3.41. The first kappa shape index (κ1) is 10.7. The van der Waals surface area contributed by atoms with Gasteiger partial charge in [-0.15, -0.1) is 0 Å². The van der Waals surface area contributed by atoms with Crippen molar-refractivity contribution in [1.29, 1.82) is 0 Å². The lowest BCUT2D eigenvalue weighted by Crippen LogP contribution is -2.30. The summed E-state index contributed by atoms with van der Waals surface area (Å²) in [6.07, 6.45) is 10.4. The van der Waals surface area contributed by atoms with Gasteiger partial charge >= 0.3 is 0 Å². The maximum absolute atomic E-state index is 6.22. The van der Waals surface area contributed by atoms with Gasteiger partial charge in [-0.25, -0.2) is 0 Å². The fraction of sp³-hybridized carbons (Fsp3) is 0.750. The molecule has 1 aromatic rings. The fourth-order valence-corrected chi connectivity index (χ4v) is 2.51. The zero-order valence-corrected chi connectivity index (χ0v) is 9.52. The molecule has 0 amide bonds. The van der Waals surface area contributed by atoms with Gasteiger partial charge in [0.25, 0.3) is 0 Å². The molecule has 1 heterocycles. The molecule has 3 nitrogen and oxygen atoms in total. The van der Waals surface area contributed by atoms with E-state index in [2.05, 4.69) is 18.2 Å². The van der Waals surface area contributed by atoms with E-state index in [-0.39, 0.29) is 0 Å². The third kappa shape index (κ3) is 2.59. The van der Waals surface area contributed by atoms with Crippen molar-refractivity contribution in [1.82, 2.24) is 9.78 Å². The van der Waals surface area contributed by atoms with Crippen LogP contribution in [0.3, 0.4) is 0 Å². The molecule has 84 valence electrons.